The Hall–Kier alpha value is -1.26. The van der Waals surface area contributed by atoms with Crippen LogP contribution in [0, 0.1) is 12.8 Å². The van der Waals surface area contributed by atoms with Gasteiger partial charge >= 0.3 is 0 Å². The zero-order valence-electron chi connectivity index (χ0n) is 18.5. The molecule has 2 saturated heterocycles. The van der Waals surface area contributed by atoms with Crippen LogP contribution in [0.3, 0.4) is 0 Å². The summed E-state index contributed by atoms with van der Waals surface area (Å²) < 4.78 is 34.2. The molecule has 2 N–H and O–H groups in total. The largest absolute Gasteiger partial charge is 0.396 e. The van der Waals surface area contributed by atoms with E-state index in [1.54, 1.807) is 16.4 Å². The first-order chi connectivity index (χ1) is 14.2. The first-order valence-electron chi connectivity index (χ1n) is 10.9. The molecule has 0 saturated carbocycles. The number of hydrogen-bond donors (Lipinski definition) is 2. The molecule has 1 aromatic heterocycles. The van der Waals surface area contributed by atoms with E-state index in [4.69, 9.17) is 4.74 Å². The van der Waals surface area contributed by atoms with Crippen molar-refractivity contribution in [2.45, 2.75) is 63.7 Å². The molecular weight excluding hydrogens is 404 g/mol. The molecule has 2 aliphatic rings. The molecule has 9 heteroatoms. The standard InChI is InChI=1S/C21H36N4O4S/c1-15(14-26)11-22-21-20(6-5-16(2)23-21)30(27,28)25-9-7-19(8-10-25)24-12-17(3)29-18(4)13-24/h5-6,15,17-19,26H,7-14H2,1-4H3,(H,22,23)/t15?,17-,18+. The Morgan fingerprint density at radius 2 is 1.87 bits per heavy atom. The Kier molecular flexibility index (Phi) is 7.73. The summed E-state index contributed by atoms with van der Waals surface area (Å²) in [6.45, 7) is 11.3. The number of aryl methyl sites for hydroxylation is 1. The third-order valence-electron chi connectivity index (χ3n) is 5.93. The van der Waals surface area contributed by atoms with Crippen LogP contribution in [0.2, 0.25) is 0 Å². The average Bonchev–Trinajstić information content (AvgIpc) is 2.71. The molecule has 1 aromatic rings. The summed E-state index contributed by atoms with van der Waals surface area (Å²) in [4.78, 5) is 7.10. The van der Waals surface area contributed by atoms with Crippen LogP contribution in [0.15, 0.2) is 17.0 Å². The second kappa shape index (κ2) is 9.91. The van der Waals surface area contributed by atoms with Crippen LogP contribution in [-0.4, -0.2) is 85.3 Å². The maximum Gasteiger partial charge on any atom is 0.246 e. The molecule has 0 aromatic carbocycles. The summed E-state index contributed by atoms with van der Waals surface area (Å²) in [6, 6.07) is 3.77. The zero-order valence-corrected chi connectivity index (χ0v) is 19.4. The summed E-state index contributed by atoms with van der Waals surface area (Å²) >= 11 is 0. The van der Waals surface area contributed by atoms with Crippen molar-refractivity contribution in [3.05, 3.63) is 17.8 Å². The minimum Gasteiger partial charge on any atom is -0.396 e. The van der Waals surface area contributed by atoms with Crippen molar-refractivity contribution < 1.29 is 18.3 Å². The van der Waals surface area contributed by atoms with E-state index in [1.165, 1.54) is 0 Å². The number of nitrogens with one attached hydrogen (secondary N) is 1. The highest BCUT2D eigenvalue weighted by molar-refractivity contribution is 7.89. The van der Waals surface area contributed by atoms with Crippen molar-refractivity contribution in [3.8, 4) is 0 Å². The number of morpholine rings is 1. The van der Waals surface area contributed by atoms with E-state index < -0.39 is 10.0 Å². The molecule has 0 spiro atoms. The second-order valence-corrected chi connectivity index (χ2v) is 10.7. The summed E-state index contributed by atoms with van der Waals surface area (Å²) in [6.07, 6.45) is 2.07. The van der Waals surface area contributed by atoms with Gasteiger partial charge in [0, 0.05) is 51.1 Å². The van der Waals surface area contributed by atoms with Crippen molar-refractivity contribution in [3.63, 3.8) is 0 Å². The molecule has 170 valence electrons. The number of sulfonamides is 1. The highest BCUT2D eigenvalue weighted by Gasteiger charge is 2.35. The van der Waals surface area contributed by atoms with Gasteiger partial charge in [-0.25, -0.2) is 13.4 Å². The van der Waals surface area contributed by atoms with Crippen LogP contribution in [0.4, 0.5) is 5.82 Å². The fourth-order valence-electron chi connectivity index (χ4n) is 4.32. The van der Waals surface area contributed by atoms with E-state index in [0.29, 0.717) is 31.5 Å². The molecule has 8 nitrogen and oxygen atoms in total. The number of ether oxygens (including phenoxy) is 1. The minimum absolute atomic E-state index is 0.0110. The Bertz CT molecular complexity index is 801. The lowest BCUT2D eigenvalue weighted by atomic mass is 10.0. The maximum atomic E-state index is 13.4. The van der Waals surface area contributed by atoms with E-state index in [-0.39, 0.29) is 29.6 Å². The van der Waals surface area contributed by atoms with E-state index in [1.807, 2.05) is 13.8 Å². The minimum atomic E-state index is -3.64. The number of pyridine rings is 1. The van der Waals surface area contributed by atoms with Gasteiger partial charge in [-0.2, -0.15) is 4.31 Å². The number of aliphatic hydroxyl groups is 1. The van der Waals surface area contributed by atoms with E-state index in [0.717, 1.165) is 31.6 Å². The quantitative estimate of drug-likeness (QED) is 0.666. The van der Waals surface area contributed by atoms with Gasteiger partial charge in [-0.15, -0.1) is 0 Å². The topological polar surface area (TPSA) is 95.0 Å². The molecule has 30 heavy (non-hydrogen) atoms. The molecule has 0 amide bonds. The van der Waals surface area contributed by atoms with Gasteiger partial charge < -0.3 is 15.2 Å². The molecule has 0 aliphatic carbocycles. The predicted molar refractivity (Wildman–Crippen MR) is 117 cm³/mol. The smallest absolute Gasteiger partial charge is 0.246 e. The summed E-state index contributed by atoms with van der Waals surface area (Å²) in [5.74, 6) is 0.380. The van der Waals surface area contributed by atoms with Crippen LogP contribution < -0.4 is 5.32 Å². The summed E-state index contributed by atoms with van der Waals surface area (Å²) in [5.41, 5.74) is 0.752. The van der Waals surface area contributed by atoms with Gasteiger partial charge in [0.15, 0.2) is 0 Å². The lowest BCUT2D eigenvalue weighted by Gasteiger charge is -2.43. The van der Waals surface area contributed by atoms with Crippen LogP contribution >= 0.6 is 0 Å². The van der Waals surface area contributed by atoms with Crippen molar-refractivity contribution in [2.24, 2.45) is 5.92 Å². The Labute approximate surface area is 180 Å². The zero-order chi connectivity index (χ0) is 21.9. The lowest BCUT2D eigenvalue weighted by Crippen LogP contribution is -2.53. The molecule has 1 unspecified atom stereocenters. The third kappa shape index (κ3) is 5.50. The number of anilines is 1. The van der Waals surface area contributed by atoms with E-state index >= 15 is 0 Å². The molecule has 0 radical (unpaired) electrons. The molecule has 3 atom stereocenters. The van der Waals surface area contributed by atoms with Gasteiger partial charge in [-0.1, -0.05) is 6.92 Å². The highest BCUT2D eigenvalue weighted by atomic mass is 32.2. The van der Waals surface area contributed by atoms with E-state index in [9.17, 15) is 13.5 Å². The predicted octanol–water partition coefficient (Wildman–Crippen LogP) is 1.69. The highest BCUT2D eigenvalue weighted by Crippen LogP contribution is 2.28. The van der Waals surface area contributed by atoms with Crippen molar-refractivity contribution >= 4 is 15.8 Å². The van der Waals surface area contributed by atoms with Crippen LogP contribution in [0.25, 0.3) is 0 Å². The van der Waals surface area contributed by atoms with Crippen molar-refractivity contribution in [2.75, 3.05) is 44.6 Å². The SMILES string of the molecule is Cc1ccc(S(=O)(=O)N2CCC(N3C[C@@H](C)O[C@@H](C)C3)CC2)c(NCC(C)CO)n1. The summed E-state index contributed by atoms with van der Waals surface area (Å²) in [5, 5.41) is 12.4. The molecule has 0 bridgehead atoms. The monoisotopic (exact) mass is 440 g/mol. The molecule has 3 rings (SSSR count). The first-order valence-corrected chi connectivity index (χ1v) is 12.4. The molecule has 2 aliphatic heterocycles. The average molecular weight is 441 g/mol. The fraction of sp³-hybridized carbons (Fsp3) is 0.762. The molecule has 2 fully saturated rings. The number of aromatic nitrogens is 1. The van der Waals surface area contributed by atoms with Gasteiger partial charge in [0.25, 0.3) is 0 Å². The van der Waals surface area contributed by atoms with Gasteiger partial charge in [0.05, 0.1) is 12.2 Å². The van der Waals surface area contributed by atoms with Gasteiger partial charge in [0.1, 0.15) is 10.7 Å². The first kappa shape index (κ1) is 23.4. The third-order valence-corrected chi connectivity index (χ3v) is 7.86. The molecule has 3 heterocycles. The second-order valence-electron chi connectivity index (χ2n) is 8.81. The fourth-order valence-corrected chi connectivity index (χ4v) is 5.89. The Morgan fingerprint density at radius 1 is 1.23 bits per heavy atom. The van der Waals surface area contributed by atoms with Crippen LogP contribution in [-0.2, 0) is 14.8 Å². The number of hydrogen-bond acceptors (Lipinski definition) is 7. The number of piperidine rings is 1. The van der Waals surface area contributed by atoms with Gasteiger partial charge in [-0.05, 0) is 51.7 Å². The van der Waals surface area contributed by atoms with Crippen LogP contribution in [0.5, 0.6) is 0 Å². The normalized spacial score (nSPS) is 25.9. The number of rotatable bonds is 7. The van der Waals surface area contributed by atoms with E-state index in [2.05, 4.69) is 29.0 Å². The van der Waals surface area contributed by atoms with Crippen molar-refractivity contribution in [1.82, 2.24) is 14.2 Å². The lowest BCUT2D eigenvalue weighted by molar-refractivity contribution is -0.0847. The summed E-state index contributed by atoms with van der Waals surface area (Å²) in [7, 11) is -3.64. The number of nitrogens with zero attached hydrogens (tertiary/aromatic N) is 3. The molecular formula is C21H36N4O4S. The Morgan fingerprint density at radius 3 is 2.47 bits per heavy atom. The van der Waals surface area contributed by atoms with Crippen molar-refractivity contribution in [1.29, 1.82) is 0 Å². The number of aliphatic hydroxyl groups excluding tert-OH is 1. The Balaban J connectivity index is 1.69. The maximum absolute atomic E-state index is 13.4. The van der Waals surface area contributed by atoms with Crippen LogP contribution in [0.1, 0.15) is 39.3 Å². The van der Waals surface area contributed by atoms with Gasteiger partial charge in [-0.3, -0.25) is 4.90 Å². The van der Waals surface area contributed by atoms with Gasteiger partial charge in [0.2, 0.25) is 10.0 Å².